The van der Waals surface area contributed by atoms with Gasteiger partial charge in [-0.25, -0.2) is 0 Å². The molecule has 0 aliphatic rings. The second-order valence-corrected chi connectivity index (χ2v) is 5.57. The van der Waals surface area contributed by atoms with Crippen molar-refractivity contribution in [2.75, 3.05) is 19.8 Å². The fraction of sp³-hybridized carbons (Fsp3) is 0.714. The molecule has 0 aromatic carbocycles. The fourth-order valence-corrected chi connectivity index (χ4v) is 2.70. The molecule has 1 aromatic rings. The quantitative estimate of drug-likeness (QED) is 0.697. The van der Waals surface area contributed by atoms with Crippen LogP contribution in [-0.2, 0) is 9.47 Å². The summed E-state index contributed by atoms with van der Waals surface area (Å²) in [4.78, 5) is 2.75. The summed E-state index contributed by atoms with van der Waals surface area (Å²) >= 11 is 1.85. The van der Waals surface area contributed by atoms with Crippen molar-refractivity contribution in [2.45, 2.75) is 46.4 Å². The highest BCUT2D eigenvalue weighted by atomic mass is 32.1. The van der Waals surface area contributed by atoms with Crippen LogP contribution in [0.25, 0.3) is 0 Å². The van der Waals surface area contributed by atoms with Gasteiger partial charge in [-0.1, -0.05) is 0 Å². The predicted octanol–water partition coefficient (Wildman–Crippen LogP) is 3.50. The van der Waals surface area contributed by atoms with Gasteiger partial charge in [0.25, 0.3) is 0 Å². The molecule has 1 aromatic heterocycles. The van der Waals surface area contributed by atoms with E-state index in [-0.39, 0.29) is 6.29 Å². The molecular formula is C14H25NO2S. The Morgan fingerprint density at radius 3 is 2.39 bits per heavy atom. The minimum Gasteiger partial charge on any atom is -0.353 e. The number of hydrogen-bond acceptors (Lipinski definition) is 4. The van der Waals surface area contributed by atoms with E-state index in [1.54, 1.807) is 0 Å². The van der Waals surface area contributed by atoms with Gasteiger partial charge in [0.15, 0.2) is 6.29 Å². The van der Waals surface area contributed by atoms with Gasteiger partial charge in [-0.3, -0.25) is 0 Å². The molecule has 0 aliphatic heterocycles. The Morgan fingerprint density at radius 2 is 1.89 bits per heavy atom. The van der Waals surface area contributed by atoms with Crippen LogP contribution in [0.2, 0.25) is 0 Å². The molecule has 0 saturated heterocycles. The van der Waals surface area contributed by atoms with Crippen molar-refractivity contribution in [3.05, 3.63) is 21.9 Å². The van der Waals surface area contributed by atoms with Gasteiger partial charge in [-0.05, 0) is 39.8 Å². The van der Waals surface area contributed by atoms with Crippen molar-refractivity contribution in [3.63, 3.8) is 0 Å². The van der Waals surface area contributed by atoms with Crippen LogP contribution in [0, 0.1) is 6.92 Å². The zero-order valence-corrected chi connectivity index (χ0v) is 12.7. The Morgan fingerprint density at radius 1 is 1.22 bits per heavy atom. The molecule has 18 heavy (non-hydrogen) atoms. The molecule has 1 rings (SSSR count). The highest BCUT2D eigenvalue weighted by Crippen LogP contribution is 2.22. The van der Waals surface area contributed by atoms with Gasteiger partial charge in [0.1, 0.15) is 0 Å². The zero-order chi connectivity index (χ0) is 13.4. The molecule has 1 heterocycles. The third-order valence-corrected chi connectivity index (χ3v) is 3.91. The highest BCUT2D eigenvalue weighted by Gasteiger charge is 2.10. The topological polar surface area (TPSA) is 30.5 Å². The van der Waals surface area contributed by atoms with Crippen molar-refractivity contribution in [1.29, 1.82) is 0 Å². The normalized spacial score (nSPS) is 13.2. The summed E-state index contributed by atoms with van der Waals surface area (Å²) in [6.45, 7) is 10.6. The number of hydrogen-bond donors (Lipinski definition) is 1. The SMILES string of the molecule is CCOC(CCNC(C)c1ccc(C)s1)OCC. The molecule has 1 N–H and O–H groups in total. The van der Waals surface area contributed by atoms with E-state index in [9.17, 15) is 0 Å². The Balaban J connectivity index is 2.27. The number of rotatable bonds is 9. The van der Waals surface area contributed by atoms with Gasteiger partial charge in [0.2, 0.25) is 0 Å². The molecule has 4 heteroatoms. The lowest BCUT2D eigenvalue weighted by molar-refractivity contribution is -0.138. The maximum absolute atomic E-state index is 5.51. The van der Waals surface area contributed by atoms with Crippen LogP contribution in [0.1, 0.15) is 43.0 Å². The van der Waals surface area contributed by atoms with Crippen LogP contribution in [0.15, 0.2) is 12.1 Å². The third kappa shape index (κ3) is 5.48. The third-order valence-electron chi connectivity index (χ3n) is 2.72. The maximum Gasteiger partial charge on any atom is 0.158 e. The Labute approximate surface area is 114 Å². The summed E-state index contributed by atoms with van der Waals surface area (Å²) in [6, 6.07) is 4.76. The van der Waals surface area contributed by atoms with Crippen molar-refractivity contribution in [2.24, 2.45) is 0 Å². The summed E-state index contributed by atoms with van der Waals surface area (Å²) in [6.07, 6.45) is 0.806. The second kappa shape index (κ2) is 8.64. The van der Waals surface area contributed by atoms with Crippen LogP contribution in [0.5, 0.6) is 0 Å². The highest BCUT2D eigenvalue weighted by molar-refractivity contribution is 7.12. The van der Waals surface area contributed by atoms with Crippen LogP contribution in [0.3, 0.4) is 0 Å². The van der Waals surface area contributed by atoms with E-state index in [0.29, 0.717) is 19.3 Å². The van der Waals surface area contributed by atoms with Gasteiger partial charge < -0.3 is 14.8 Å². The molecule has 0 fully saturated rings. The molecule has 3 nitrogen and oxygen atoms in total. The zero-order valence-electron chi connectivity index (χ0n) is 11.9. The Bertz CT molecular complexity index is 321. The molecule has 0 bridgehead atoms. The lowest BCUT2D eigenvalue weighted by Gasteiger charge is -2.18. The van der Waals surface area contributed by atoms with Crippen LogP contribution in [-0.4, -0.2) is 26.0 Å². The molecule has 0 radical (unpaired) electrons. The molecule has 104 valence electrons. The lowest BCUT2D eigenvalue weighted by atomic mass is 10.2. The minimum absolute atomic E-state index is 0.0789. The molecule has 0 aliphatic carbocycles. The van der Waals surface area contributed by atoms with E-state index < -0.39 is 0 Å². The number of ether oxygens (including phenoxy) is 2. The van der Waals surface area contributed by atoms with Crippen LogP contribution in [0.4, 0.5) is 0 Å². The lowest BCUT2D eigenvalue weighted by Crippen LogP contribution is -2.26. The van der Waals surface area contributed by atoms with Crippen LogP contribution >= 0.6 is 11.3 Å². The van der Waals surface area contributed by atoms with Crippen molar-refractivity contribution >= 4 is 11.3 Å². The van der Waals surface area contributed by atoms with E-state index in [4.69, 9.17) is 9.47 Å². The first kappa shape index (κ1) is 15.6. The second-order valence-electron chi connectivity index (χ2n) is 4.25. The summed E-state index contributed by atoms with van der Waals surface area (Å²) in [5.74, 6) is 0. The van der Waals surface area contributed by atoms with Crippen molar-refractivity contribution in [1.82, 2.24) is 5.32 Å². The van der Waals surface area contributed by atoms with Crippen molar-refractivity contribution < 1.29 is 9.47 Å². The van der Waals surface area contributed by atoms with Gasteiger partial charge in [0, 0.05) is 42.0 Å². The molecule has 1 unspecified atom stereocenters. The summed E-state index contributed by atoms with van der Waals surface area (Å²) in [5, 5.41) is 3.51. The minimum atomic E-state index is -0.0789. The molecule has 0 amide bonds. The Hall–Kier alpha value is -0.420. The number of nitrogens with one attached hydrogen (secondary N) is 1. The molecule has 0 spiro atoms. The summed E-state index contributed by atoms with van der Waals surface area (Å²) < 4.78 is 11.0. The standard InChI is InChI=1S/C14H25NO2S/c1-5-16-14(17-6-2)9-10-15-12(4)13-8-7-11(3)18-13/h7-8,12,14-15H,5-6,9-10H2,1-4H3. The van der Waals surface area contributed by atoms with E-state index in [2.05, 4.69) is 31.3 Å². The predicted molar refractivity (Wildman–Crippen MR) is 77.1 cm³/mol. The van der Waals surface area contributed by atoms with E-state index in [1.807, 2.05) is 25.2 Å². The van der Waals surface area contributed by atoms with Gasteiger partial charge in [-0.2, -0.15) is 0 Å². The summed E-state index contributed by atoms with van der Waals surface area (Å²) in [5.41, 5.74) is 0. The monoisotopic (exact) mass is 271 g/mol. The average molecular weight is 271 g/mol. The van der Waals surface area contributed by atoms with E-state index in [0.717, 1.165) is 13.0 Å². The Kier molecular flexibility index (Phi) is 7.51. The van der Waals surface area contributed by atoms with E-state index in [1.165, 1.54) is 9.75 Å². The molecule has 1 atom stereocenters. The van der Waals surface area contributed by atoms with Crippen molar-refractivity contribution in [3.8, 4) is 0 Å². The first-order valence-electron chi connectivity index (χ1n) is 6.70. The first-order valence-corrected chi connectivity index (χ1v) is 7.51. The number of aryl methyl sites for hydroxylation is 1. The smallest absolute Gasteiger partial charge is 0.158 e. The fourth-order valence-electron chi connectivity index (χ4n) is 1.79. The van der Waals surface area contributed by atoms with Gasteiger partial charge in [-0.15, -0.1) is 11.3 Å². The molecular weight excluding hydrogens is 246 g/mol. The first-order chi connectivity index (χ1) is 8.67. The van der Waals surface area contributed by atoms with E-state index >= 15 is 0 Å². The van der Waals surface area contributed by atoms with Gasteiger partial charge >= 0.3 is 0 Å². The molecule has 0 saturated carbocycles. The number of thiophene rings is 1. The van der Waals surface area contributed by atoms with Crippen LogP contribution < -0.4 is 5.32 Å². The summed E-state index contributed by atoms with van der Waals surface area (Å²) in [7, 11) is 0. The average Bonchev–Trinajstić information content (AvgIpc) is 2.76. The van der Waals surface area contributed by atoms with Gasteiger partial charge in [0.05, 0.1) is 0 Å². The maximum atomic E-state index is 5.51. The largest absolute Gasteiger partial charge is 0.353 e.